The number of amides is 1. The molecule has 0 fully saturated rings. The quantitative estimate of drug-likeness (QED) is 0.233. The molecule has 1 amide bonds. The Morgan fingerprint density at radius 3 is 2.41 bits per heavy atom. The Bertz CT molecular complexity index is 1760. The van der Waals surface area contributed by atoms with E-state index in [0.717, 1.165) is 22.9 Å². The Hall–Kier alpha value is -4.81. The molecule has 228 valence electrons. The van der Waals surface area contributed by atoms with Gasteiger partial charge in [-0.05, 0) is 60.7 Å². The molecule has 0 saturated carbocycles. The van der Waals surface area contributed by atoms with Crippen molar-refractivity contribution in [1.82, 2.24) is 14.8 Å². The molecule has 2 aromatic heterocycles. The number of halogens is 6. The fourth-order valence-corrected chi connectivity index (χ4v) is 5.59. The van der Waals surface area contributed by atoms with Gasteiger partial charge in [0.05, 0.1) is 11.3 Å². The number of Topliss-reactive ketones (excluding diaryl/α,β-unsaturated/α-hetero) is 2. The van der Waals surface area contributed by atoms with Crippen LogP contribution in [0.2, 0.25) is 0 Å². The van der Waals surface area contributed by atoms with Gasteiger partial charge in [-0.15, -0.1) is 0 Å². The molecular formula is C31H24F6N4O3. The van der Waals surface area contributed by atoms with Gasteiger partial charge in [-0.25, -0.2) is 13.2 Å². The number of aromatic nitrogens is 3. The first-order valence-corrected chi connectivity index (χ1v) is 13.5. The highest BCUT2D eigenvalue weighted by Crippen LogP contribution is 2.37. The third-order valence-corrected chi connectivity index (χ3v) is 7.39. The summed E-state index contributed by atoms with van der Waals surface area (Å²) in [7, 11) is 0. The Labute approximate surface area is 246 Å². The van der Waals surface area contributed by atoms with Crippen molar-refractivity contribution < 1.29 is 40.7 Å². The van der Waals surface area contributed by atoms with Gasteiger partial charge in [0.25, 0.3) is 5.91 Å². The van der Waals surface area contributed by atoms with Crippen LogP contribution in [0.1, 0.15) is 68.5 Å². The van der Waals surface area contributed by atoms with Gasteiger partial charge in [0.2, 0.25) is 0 Å². The molecule has 7 nitrogen and oxygen atoms in total. The molecule has 0 spiro atoms. The molecule has 0 aliphatic heterocycles. The molecule has 2 aromatic carbocycles. The van der Waals surface area contributed by atoms with Gasteiger partial charge in [-0.3, -0.25) is 24.0 Å². The second-order valence-electron chi connectivity index (χ2n) is 10.5. The highest BCUT2D eigenvalue weighted by atomic mass is 19.4. The average Bonchev–Trinajstić information content (AvgIpc) is 3.32. The van der Waals surface area contributed by atoms with Gasteiger partial charge in [-0.2, -0.15) is 18.3 Å². The summed E-state index contributed by atoms with van der Waals surface area (Å²) in [6.45, 7) is -0.664. The highest BCUT2D eigenvalue weighted by Gasteiger charge is 2.41. The topological polar surface area (TPSA) is 108 Å². The van der Waals surface area contributed by atoms with E-state index in [9.17, 15) is 40.7 Å². The highest BCUT2D eigenvalue weighted by molar-refractivity contribution is 5.97. The lowest BCUT2D eigenvalue weighted by Gasteiger charge is -2.20. The van der Waals surface area contributed by atoms with E-state index in [1.807, 2.05) is 0 Å². The van der Waals surface area contributed by atoms with E-state index >= 15 is 0 Å². The number of pyridine rings is 1. The molecule has 2 heterocycles. The summed E-state index contributed by atoms with van der Waals surface area (Å²) >= 11 is 0. The van der Waals surface area contributed by atoms with Gasteiger partial charge in [0.1, 0.15) is 29.7 Å². The molecule has 2 N–H and O–H groups in total. The fourth-order valence-electron chi connectivity index (χ4n) is 5.59. The molecule has 1 aliphatic carbocycles. The van der Waals surface area contributed by atoms with Crippen molar-refractivity contribution in [2.24, 2.45) is 5.73 Å². The maximum Gasteiger partial charge on any atom is 0.435 e. The third kappa shape index (κ3) is 6.41. The van der Waals surface area contributed by atoms with E-state index in [1.165, 1.54) is 18.3 Å². The number of fused-ring (bicyclic) bond motifs is 1. The number of alkyl halides is 3. The lowest BCUT2D eigenvalue weighted by molar-refractivity contribution is -0.142. The Kier molecular flexibility index (Phi) is 8.40. The Morgan fingerprint density at radius 1 is 1.00 bits per heavy atom. The lowest BCUT2D eigenvalue weighted by Crippen LogP contribution is -2.22. The number of rotatable bonds is 9. The Balaban J connectivity index is 1.54. The SMILES string of the molecule is NC(=O)c1cc(-c2cccnc2[C@@H](CC(=O)Cn2nc(C(F)(F)F)c3c2C(=O)CCC3)Cc2cc(F)cc(F)c2)ccc1F. The average molecular weight is 615 g/mol. The molecule has 4 aromatic rings. The molecule has 1 atom stereocenters. The first-order chi connectivity index (χ1) is 20.8. The molecule has 5 rings (SSSR count). The first kappa shape index (κ1) is 30.6. The second-order valence-corrected chi connectivity index (χ2v) is 10.5. The van der Waals surface area contributed by atoms with E-state index in [2.05, 4.69) is 10.1 Å². The zero-order valence-electron chi connectivity index (χ0n) is 22.9. The van der Waals surface area contributed by atoms with Crippen molar-refractivity contribution in [2.45, 2.75) is 50.7 Å². The summed E-state index contributed by atoms with van der Waals surface area (Å²) in [4.78, 5) is 42.2. The van der Waals surface area contributed by atoms with Crippen LogP contribution < -0.4 is 5.73 Å². The van der Waals surface area contributed by atoms with E-state index in [4.69, 9.17) is 5.73 Å². The van der Waals surface area contributed by atoms with E-state index < -0.39 is 64.8 Å². The minimum Gasteiger partial charge on any atom is -0.366 e. The number of hydrogen-bond acceptors (Lipinski definition) is 5. The van der Waals surface area contributed by atoms with E-state index in [0.29, 0.717) is 17.2 Å². The fraction of sp³-hybridized carbons (Fsp3) is 0.258. The normalized spacial score (nSPS) is 13.9. The number of carbonyl (C=O) groups is 3. The molecule has 0 radical (unpaired) electrons. The zero-order valence-corrected chi connectivity index (χ0v) is 22.9. The number of ketones is 2. The van der Waals surface area contributed by atoms with Crippen molar-refractivity contribution in [3.8, 4) is 11.1 Å². The smallest absolute Gasteiger partial charge is 0.366 e. The molecular weight excluding hydrogens is 590 g/mol. The van der Waals surface area contributed by atoms with E-state index in [-0.39, 0.29) is 54.6 Å². The summed E-state index contributed by atoms with van der Waals surface area (Å²) in [5, 5.41) is 3.60. The van der Waals surface area contributed by atoms with Crippen molar-refractivity contribution in [1.29, 1.82) is 0 Å². The third-order valence-electron chi connectivity index (χ3n) is 7.39. The van der Waals surface area contributed by atoms with Gasteiger partial charge < -0.3 is 5.73 Å². The summed E-state index contributed by atoms with van der Waals surface area (Å²) in [5.41, 5.74) is 4.26. The van der Waals surface area contributed by atoms with Crippen LogP contribution in [-0.2, 0) is 30.4 Å². The molecule has 1 aliphatic rings. The van der Waals surface area contributed by atoms with Gasteiger partial charge >= 0.3 is 6.18 Å². The first-order valence-electron chi connectivity index (χ1n) is 13.5. The largest absolute Gasteiger partial charge is 0.435 e. The number of benzene rings is 2. The minimum absolute atomic E-state index is 0.0138. The standard InChI is InChI=1S/C31H24F6N4O3/c32-19-10-16(11-20(33)14-19)9-18(27-22(4-2-8-39-27)17-6-7-25(34)24(13-17)30(38)44)12-21(42)15-41-28-23(3-1-5-26(28)43)29(40-41)31(35,36)37/h2,4,6-8,10-11,13-14,18H,1,3,5,9,12,15H2,(H2,38,44)/t18-/m1/s1. The van der Waals surface area contributed by atoms with Gasteiger partial charge in [0.15, 0.2) is 17.3 Å². The number of carbonyl (C=O) groups excluding carboxylic acids is 3. The van der Waals surface area contributed by atoms with Crippen LogP contribution in [0.25, 0.3) is 11.1 Å². The molecule has 13 heteroatoms. The monoisotopic (exact) mass is 614 g/mol. The second kappa shape index (κ2) is 12.1. The van der Waals surface area contributed by atoms with Crippen LogP contribution in [0.3, 0.4) is 0 Å². The maximum absolute atomic E-state index is 14.2. The van der Waals surface area contributed by atoms with E-state index in [1.54, 1.807) is 12.1 Å². The Morgan fingerprint density at radius 2 is 1.73 bits per heavy atom. The van der Waals surface area contributed by atoms with Crippen LogP contribution in [-0.4, -0.2) is 32.2 Å². The molecule has 44 heavy (non-hydrogen) atoms. The minimum atomic E-state index is -4.83. The summed E-state index contributed by atoms with van der Waals surface area (Å²) in [6, 6.07) is 9.56. The number of nitrogens with two attached hydrogens (primary N) is 1. The van der Waals surface area contributed by atoms with Crippen LogP contribution in [0.4, 0.5) is 26.3 Å². The van der Waals surface area contributed by atoms with Crippen LogP contribution in [0.5, 0.6) is 0 Å². The van der Waals surface area contributed by atoms with Crippen molar-refractivity contribution >= 4 is 17.5 Å². The van der Waals surface area contributed by atoms with Crippen molar-refractivity contribution in [2.75, 3.05) is 0 Å². The van der Waals surface area contributed by atoms with Crippen molar-refractivity contribution in [3.63, 3.8) is 0 Å². The lowest BCUT2D eigenvalue weighted by atomic mass is 9.86. The predicted molar refractivity (Wildman–Crippen MR) is 145 cm³/mol. The van der Waals surface area contributed by atoms with Crippen LogP contribution in [0, 0.1) is 17.5 Å². The van der Waals surface area contributed by atoms with Gasteiger partial charge in [0, 0.05) is 42.1 Å². The van der Waals surface area contributed by atoms with Crippen LogP contribution >= 0.6 is 0 Å². The number of hydrogen-bond donors (Lipinski definition) is 1. The molecule has 0 saturated heterocycles. The maximum atomic E-state index is 14.2. The molecule has 0 unspecified atom stereocenters. The number of primary amides is 1. The molecule has 0 bridgehead atoms. The summed E-state index contributed by atoms with van der Waals surface area (Å²) in [5.74, 6) is -5.68. The van der Waals surface area contributed by atoms with Crippen molar-refractivity contribution in [3.05, 3.63) is 106 Å². The summed E-state index contributed by atoms with van der Waals surface area (Å²) < 4.78 is 84.3. The van der Waals surface area contributed by atoms with Gasteiger partial charge in [-0.1, -0.05) is 12.1 Å². The van der Waals surface area contributed by atoms with Crippen LogP contribution in [0.15, 0.2) is 54.7 Å². The zero-order chi connectivity index (χ0) is 31.8. The predicted octanol–water partition coefficient (Wildman–Crippen LogP) is 5.98. The number of nitrogens with zero attached hydrogens (tertiary/aromatic N) is 3. The summed E-state index contributed by atoms with van der Waals surface area (Å²) in [6.07, 6.45) is -3.71.